The van der Waals surface area contributed by atoms with E-state index in [0.29, 0.717) is 21.2 Å². The van der Waals surface area contributed by atoms with Gasteiger partial charge in [0.1, 0.15) is 6.61 Å². The first-order valence-corrected chi connectivity index (χ1v) is 6.72. The second kappa shape index (κ2) is 6.76. The van der Waals surface area contributed by atoms with Gasteiger partial charge in [0, 0.05) is 21.7 Å². The molecule has 5 nitrogen and oxygen atoms in total. The zero-order valence-corrected chi connectivity index (χ0v) is 12.3. The molecule has 110 valence electrons. The molecule has 0 saturated heterocycles. The van der Waals surface area contributed by atoms with Gasteiger partial charge >= 0.3 is 5.69 Å². The zero-order valence-electron chi connectivity index (χ0n) is 10.8. The van der Waals surface area contributed by atoms with E-state index in [1.807, 2.05) is 0 Å². The van der Waals surface area contributed by atoms with E-state index in [4.69, 9.17) is 33.0 Å². The van der Waals surface area contributed by atoms with Crippen LogP contribution >= 0.6 is 23.2 Å². The first-order chi connectivity index (χ1) is 10.0. The molecule has 0 fully saturated rings. The Bertz CT molecular complexity index is 656. The van der Waals surface area contributed by atoms with E-state index >= 15 is 0 Å². The van der Waals surface area contributed by atoms with E-state index < -0.39 is 4.92 Å². The van der Waals surface area contributed by atoms with Gasteiger partial charge in [-0.3, -0.25) is 10.1 Å². The van der Waals surface area contributed by atoms with Crippen molar-refractivity contribution in [3.05, 3.63) is 67.7 Å². The van der Waals surface area contributed by atoms with Crippen molar-refractivity contribution in [2.45, 2.75) is 13.2 Å². The molecule has 0 bridgehead atoms. The molecule has 1 N–H and O–H groups in total. The number of rotatable bonds is 5. The van der Waals surface area contributed by atoms with Crippen LogP contribution in [0.15, 0.2) is 36.4 Å². The predicted molar refractivity (Wildman–Crippen MR) is 79.8 cm³/mol. The number of aliphatic hydroxyl groups is 1. The highest BCUT2D eigenvalue weighted by Crippen LogP contribution is 2.31. The molecule has 0 aliphatic rings. The van der Waals surface area contributed by atoms with Crippen molar-refractivity contribution < 1.29 is 14.8 Å². The third-order valence-corrected chi connectivity index (χ3v) is 3.54. The lowest BCUT2D eigenvalue weighted by molar-refractivity contribution is -0.386. The molecule has 0 aliphatic carbocycles. The largest absolute Gasteiger partial charge is 0.482 e. The summed E-state index contributed by atoms with van der Waals surface area (Å²) in [6.07, 6.45) is 0. The first kappa shape index (κ1) is 15.6. The smallest absolute Gasteiger partial charge is 0.311 e. The number of hydrogen-bond acceptors (Lipinski definition) is 4. The Morgan fingerprint density at radius 1 is 1.19 bits per heavy atom. The molecule has 0 unspecified atom stereocenters. The summed E-state index contributed by atoms with van der Waals surface area (Å²) in [6, 6.07) is 9.28. The van der Waals surface area contributed by atoms with Gasteiger partial charge in [0.05, 0.1) is 11.5 Å². The molecular formula is C14H11Cl2NO4. The maximum absolute atomic E-state index is 11.0. The molecule has 7 heteroatoms. The molecule has 0 amide bonds. The number of ether oxygens (including phenoxy) is 1. The molecule has 2 aromatic rings. The minimum absolute atomic E-state index is 0.0117. The Kier molecular flexibility index (Phi) is 5.01. The standard InChI is InChI=1S/C14H11Cl2NO4/c15-11-2-1-3-12(16)10(11)8-21-14-5-4-9(7-18)6-13(14)17(19)20/h1-6,18H,7-8H2. The lowest BCUT2D eigenvalue weighted by Gasteiger charge is -2.10. The van der Waals surface area contributed by atoms with Crippen molar-refractivity contribution in [3.63, 3.8) is 0 Å². The molecule has 2 aromatic carbocycles. The second-order valence-corrected chi connectivity index (χ2v) is 5.02. The number of aliphatic hydroxyl groups excluding tert-OH is 1. The molecule has 0 radical (unpaired) electrons. The van der Waals surface area contributed by atoms with Gasteiger partial charge in [-0.05, 0) is 23.8 Å². The van der Waals surface area contributed by atoms with E-state index in [-0.39, 0.29) is 24.7 Å². The Labute approximate surface area is 130 Å². The van der Waals surface area contributed by atoms with Crippen LogP contribution < -0.4 is 4.74 Å². The molecule has 0 saturated carbocycles. The van der Waals surface area contributed by atoms with E-state index in [2.05, 4.69) is 0 Å². The zero-order chi connectivity index (χ0) is 15.4. The molecule has 0 spiro atoms. The summed E-state index contributed by atoms with van der Waals surface area (Å²) in [6.45, 7) is -0.269. The van der Waals surface area contributed by atoms with Gasteiger partial charge < -0.3 is 9.84 Å². The molecule has 2 rings (SSSR count). The summed E-state index contributed by atoms with van der Waals surface area (Å²) < 4.78 is 5.45. The third-order valence-electron chi connectivity index (χ3n) is 2.84. The summed E-state index contributed by atoms with van der Waals surface area (Å²) in [5.41, 5.74) is 0.774. The van der Waals surface area contributed by atoms with Crippen LogP contribution in [0.1, 0.15) is 11.1 Å². The lowest BCUT2D eigenvalue weighted by Crippen LogP contribution is -2.01. The van der Waals surface area contributed by atoms with Crippen LogP contribution in [0.5, 0.6) is 5.75 Å². The number of hydrogen-bond donors (Lipinski definition) is 1. The lowest BCUT2D eigenvalue weighted by atomic mass is 10.2. The molecule has 0 heterocycles. The summed E-state index contributed by atoms with van der Waals surface area (Å²) >= 11 is 12.0. The average Bonchev–Trinajstić information content (AvgIpc) is 2.46. The highest BCUT2D eigenvalue weighted by molar-refractivity contribution is 6.35. The van der Waals surface area contributed by atoms with Crippen molar-refractivity contribution in [2.24, 2.45) is 0 Å². The molecule has 0 aromatic heterocycles. The Balaban J connectivity index is 2.26. The van der Waals surface area contributed by atoms with Gasteiger partial charge in [0.25, 0.3) is 0 Å². The van der Waals surface area contributed by atoms with Crippen molar-refractivity contribution in [1.82, 2.24) is 0 Å². The van der Waals surface area contributed by atoms with Gasteiger partial charge in [-0.25, -0.2) is 0 Å². The number of nitrogens with zero attached hydrogens (tertiary/aromatic N) is 1. The Morgan fingerprint density at radius 2 is 1.86 bits per heavy atom. The Hall–Kier alpha value is -1.82. The fourth-order valence-electron chi connectivity index (χ4n) is 1.75. The van der Waals surface area contributed by atoms with E-state index in [0.717, 1.165) is 0 Å². The van der Waals surface area contributed by atoms with Gasteiger partial charge in [0.15, 0.2) is 5.75 Å². The molecular weight excluding hydrogens is 317 g/mol. The molecule has 21 heavy (non-hydrogen) atoms. The number of nitro benzene ring substituents is 1. The summed E-state index contributed by atoms with van der Waals surface area (Å²) in [7, 11) is 0. The quantitative estimate of drug-likeness (QED) is 0.666. The first-order valence-electron chi connectivity index (χ1n) is 5.96. The fraction of sp³-hybridized carbons (Fsp3) is 0.143. The summed E-state index contributed by atoms with van der Waals surface area (Å²) in [4.78, 5) is 10.5. The van der Waals surface area contributed by atoms with Crippen molar-refractivity contribution in [2.75, 3.05) is 0 Å². The highest BCUT2D eigenvalue weighted by Gasteiger charge is 2.17. The van der Waals surface area contributed by atoms with Crippen LogP contribution in [0, 0.1) is 10.1 Å². The Morgan fingerprint density at radius 3 is 2.43 bits per heavy atom. The molecule has 0 aliphatic heterocycles. The van der Waals surface area contributed by atoms with Crippen molar-refractivity contribution in [3.8, 4) is 5.75 Å². The monoisotopic (exact) mass is 327 g/mol. The summed E-state index contributed by atoms with van der Waals surface area (Å²) in [5, 5.41) is 20.9. The maximum atomic E-state index is 11.0. The minimum atomic E-state index is -0.567. The van der Waals surface area contributed by atoms with Crippen LogP contribution in [0.4, 0.5) is 5.69 Å². The van der Waals surface area contributed by atoms with Gasteiger partial charge in [-0.15, -0.1) is 0 Å². The van der Waals surface area contributed by atoms with E-state index in [1.54, 1.807) is 24.3 Å². The van der Waals surface area contributed by atoms with Crippen LogP contribution in [-0.4, -0.2) is 10.0 Å². The van der Waals surface area contributed by atoms with Gasteiger partial charge in [-0.1, -0.05) is 35.3 Å². The normalized spacial score (nSPS) is 10.4. The van der Waals surface area contributed by atoms with E-state index in [1.165, 1.54) is 12.1 Å². The van der Waals surface area contributed by atoms with Crippen molar-refractivity contribution >= 4 is 28.9 Å². The molecule has 0 atom stereocenters. The maximum Gasteiger partial charge on any atom is 0.311 e. The SMILES string of the molecule is O=[N+]([O-])c1cc(CO)ccc1OCc1c(Cl)cccc1Cl. The minimum Gasteiger partial charge on any atom is -0.482 e. The highest BCUT2D eigenvalue weighted by atomic mass is 35.5. The second-order valence-electron chi connectivity index (χ2n) is 4.21. The number of nitro groups is 1. The van der Waals surface area contributed by atoms with E-state index in [9.17, 15) is 10.1 Å². The average molecular weight is 328 g/mol. The van der Waals surface area contributed by atoms with Crippen molar-refractivity contribution in [1.29, 1.82) is 0 Å². The fourth-order valence-corrected chi connectivity index (χ4v) is 2.25. The number of benzene rings is 2. The van der Waals surface area contributed by atoms with Gasteiger partial charge in [0.2, 0.25) is 0 Å². The third kappa shape index (κ3) is 3.64. The van der Waals surface area contributed by atoms with Crippen LogP contribution in [0.3, 0.4) is 0 Å². The van der Waals surface area contributed by atoms with Crippen LogP contribution in [-0.2, 0) is 13.2 Å². The predicted octanol–water partition coefficient (Wildman–Crippen LogP) is 3.97. The number of halogens is 2. The van der Waals surface area contributed by atoms with Crippen LogP contribution in [0.2, 0.25) is 10.0 Å². The topological polar surface area (TPSA) is 72.6 Å². The van der Waals surface area contributed by atoms with Gasteiger partial charge in [-0.2, -0.15) is 0 Å². The summed E-state index contributed by atoms with van der Waals surface area (Å²) in [5.74, 6) is 0.0909. The van der Waals surface area contributed by atoms with Crippen LogP contribution in [0.25, 0.3) is 0 Å².